The molecule has 2 N–H and O–H groups in total. The molecule has 6 heteroatoms. The number of hydrogen-bond acceptors (Lipinski definition) is 6. The zero-order chi connectivity index (χ0) is 14.8. The molecule has 1 aromatic carbocycles. The lowest BCUT2D eigenvalue weighted by Crippen LogP contribution is -2.31. The molecule has 0 bridgehead atoms. The SMILES string of the molecule is CN1CCCN(C)C(c2noc(-c3cccc(N)c3)n2)C1. The molecule has 2 heterocycles. The lowest BCUT2D eigenvalue weighted by molar-refractivity contribution is 0.215. The molecule has 1 saturated heterocycles. The number of anilines is 1. The van der Waals surface area contributed by atoms with Gasteiger partial charge in [0, 0.05) is 17.8 Å². The zero-order valence-electron chi connectivity index (χ0n) is 12.5. The molecule has 0 aliphatic carbocycles. The Kier molecular flexibility index (Phi) is 3.90. The van der Waals surface area contributed by atoms with Crippen molar-refractivity contribution in [2.24, 2.45) is 0 Å². The average molecular weight is 287 g/mol. The summed E-state index contributed by atoms with van der Waals surface area (Å²) in [7, 11) is 4.24. The monoisotopic (exact) mass is 287 g/mol. The molecule has 1 aliphatic heterocycles. The van der Waals surface area contributed by atoms with Crippen molar-refractivity contribution in [2.45, 2.75) is 12.5 Å². The molecule has 1 fully saturated rings. The minimum absolute atomic E-state index is 0.163. The van der Waals surface area contributed by atoms with Crippen molar-refractivity contribution in [3.63, 3.8) is 0 Å². The van der Waals surface area contributed by atoms with Crippen LogP contribution in [-0.4, -0.2) is 53.7 Å². The second kappa shape index (κ2) is 5.83. The lowest BCUT2D eigenvalue weighted by Gasteiger charge is -2.24. The Balaban J connectivity index is 1.86. The maximum atomic E-state index is 5.80. The number of nitrogens with zero attached hydrogens (tertiary/aromatic N) is 4. The summed E-state index contributed by atoms with van der Waals surface area (Å²) in [5.74, 6) is 1.27. The van der Waals surface area contributed by atoms with Crippen LogP contribution in [0, 0.1) is 0 Å². The first kappa shape index (κ1) is 14.0. The fraction of sp³-hybridized carbons (Fsp3) is 0.467. The zero-order valence-corrected chi connectivity index (χ0v) is 12.5. The third-order valence-electron chi connectivity index (χ3n) is 3.94. The first-order valence-corrected chi connectivity index (χ1v) is 7.22. The standard InChI is InChI=1S/C15H21N5O/c1-19-7-4-8-20(2)13(10-19)14-17-15(21-18-14)11-5-3-6-12(16)9-11/h3,5-6,9,13H,4,7-8,10,16H2,1-2H3. The van der Waals surface area contributed by atoms with Crippen molar-refractivity contribution in [1.29, 1.82) is 0 Å². The van der Waals surface area contributed by atoms with Gasteiger partial charge in [0.1, 0.15) is 0 Å². The molecule has 1 atom stereocenters. The summed E-state index contributed by atoms with van der Waals surface area (Å²) >= 11 is 0. The van der Waals surface area contributed by atoms with E-state index in [0.717, 1.165) is 37.4 Å². The number of rotatable bonds is 2. The molecule has 3 rings (SSSR count). The summed E-state index contributed by atoms with van der Waals surface area (Å²) in [5, 5.41) is 4.18. The largest absolute Gasteiger partial charge is 0.399 e. The Morgan fingerprint density at radius 2 is 2.14 bits per heavy atom. The highest BCUT2D eigenvalue weighted by Crippen LogP contribution is 2.25. The fourth-order valence-electron chi connectivity index (χ4n) is 2.71. The molecule has 21 heavy (non-hydrogen) atoms. The third kappa shape index (κ3) is 3.06. The van der Waals surface area contributed by atoms with Gasteiger partial charge in [-0.3, -0.25) is 4.90 Å². The van der Waals surface area contributed by atoms with Crippen LogP contribution in [0.2, 0.25) is 0 Å². The van der Waals surface area contributed by atoms with E-state index in [1.807, 2.05) is 24.3 Å². The summed E-state index contributed by atoms with van der Waals surface area (Å²) in [6.45, 7) is 3.05. The molecule has 1 aliphatic rings. The van der Waals surface area contributed by atoms with Crippen molar-refractivity contribution in [2.75, 3.05) is 39.5 Å². The predicted octanol–water partition coefficient (Wildman–Crippen LogP) is 1.63. The van der Waals surface area contributed by atoms with E-state index in [0.29, 0.717) is 11.6 Å². The number of nitrogens with two attached hydrogens (primary N) is 1. The molecule has 112 valence electrons. The van der Waals surface area contributed by atoms with E-state index in [-0.39, 0.29) is 6.04 Å². The molecule has 2 aromatic rings. The van der Waals surface area contributed by atoms with Crippen LogP contribution in [-0.2, 0) is 0 Å². The van der Waals surface area contributed by atoms with E-state index in [1.54, 1.807) is 0 Å². The molecule has 6 nitrogen and oxygen atoms in total. The van der Waals surface area contributed by atoms with Gasteiger partial charge in [0.05, 0.1) is 6.04 Å². The highest BCUT2D eigenvalue weighted by molar-refractivity contribution is 5.59. The van der Waals surface area contributed by atoms with Gasteiger partial charge in [0.25, 0.3) is 5.89 Å². The summed E-state index contributed by atoms with van der Waals surface area (Å²) in [6, 6.07) is 7.67. The van der Waals surface area contributed by atoms with E-state index >= 15 is 0 Å². The number of nitrogen functional groups attached to an aromatic ring is 1. The third-order valence-corrected chi connectivity index (χ3v) is 3.94. The summed E-state index contributed by atoms with van der Waals surface area (Å²) in [4.78, 5) is 9.17. The number of hydrogen-bond donors (Lipinski definition) is 1. The van der Waals surface area contributed by atoms with Gasteiger partial charge >= 0.3 is 0 Å². The quantitative estimate of drug-likeness (QED) is 0.846. The Morgan fingerprint density at radius 3 is 2.95 bits per heavy atom. The molecular weight excluding hydrogens is 266 g/mol. The molecule has 1 aromatic heterocycles. The average Bonchev–Trinajstić information content (AvgIpc) is 2.87. The summed E-state index contributed by atoms with van der Waals surface area (Å²) in [6.07, 6.45) is 1.16. The Hall–Kier alpha value is -1.92. The van der Waals surface area contributed by atoms with E-state index in [1.165, 1.54) is 0 Å². The van der Waals surface area contributed by atoms with Crippen molar-refractivity contribution < 1.29 is 4.52 Å². The van der Waals surface area contributed by atoms with Gasteiger partial charge in [0.2, 0.25) is 0 Å². The van der Waals surface area contributed by atoms with Crippen LogP contribution in [0.3, 0.4) is 0 Å². The van der Waals surface area contributed by atoms with Crippen molar-refractivity contribution in [1.82, 2.24) is 19.9 Å². The second-order valence-corrected chi connectivity index (χ2v) is 5.70. The minimum atomic E-state index is 0.163. The van der Waals surface area contributed by atoms with Crippen molar-refractivity contribution in [3.05, 3.63) is 30.1 Å². The molecular formula is C15H21N5O. The van der Waals surface area contributed by atoms with Crippen LogP contribution in [0.15, 0.2) is 28.8 Å². The maximum Gasteiger partial charge on any atom is 0.258 e. The van der Waals surface area contributed by atoms with E-state index in [9.17, 15) is 0 Å². The minimum Gasteiger partial charge on any atom is -0.399 e. The molecule has 0 amide bonds. The lowest BCUT2D eigenvalue weighted by atomic mass is 10.2. The van der Waals surface area contributed by atoms with Gasteiger partial charge < -0.3 is 15.2 Å². The van der Waals surface area contributed by atoms with Crippen LogP contribution in [0.5, 0.6) is 0 Å². The van der Waals surface area contributed by atoms with Crippen molar-refractivity contribution in [3.8, 4) is 11.5 Å². The second-order valence-electron chi connectivity index (χ2n) is 5.70. The van der Waals surface area contributed by atoms with Gasteiger partial charge in [0.15, 0.2) is 5.82 Å². The van der Waals surface area contributed by atoms with Gasteiger partial charge in [-0.2, -0.15) is 4.98 Å². The van der Waals surface area contributed by atoms with Gasteiger partial charge in [-0.05, 0) is 51.8 Å². The normalized spacial score (nSPS) is 21.3. The first-order chi connectivity index (χ1) is 10.1. The first-order valence-electron chi connectivity index (χ1n) is 7.22. The summed E-state index contributed by atoms with van der Waals surface area (Å²) < 4.78 is 5.42. The van der Waals surface area contributed by atoms with Gasteiger partial charge in [-0.15, -0.1) is 0 Å². The molecule has 0 saturated carbocycles. The smallest absolute Gasteiger partial charge is 0.258 e. The Labute approximate surface area is 124 Å². The molecule has 1 unspecified atom stereocenters. The number of aromatic nitrogens is 2. The van der Waals surface area contributed by atoms with Crippen LogP contribution >= 0.6 is 0 Å². The maximum absolute atomic E-state index is 5.80. The highest BCUT2D eigenvalue weighted by Gasteiger charge is 2.26. The van der Waals surface area contributed by atoms with Gasteiger partial charge in [-0.25, -0.2) is 0 Å². The molecule has 0 radical (unpaired) electrons. The van der Waals surface area contributed by atoms with Crippen LogP contribution in [0.25, 0.3) is 11.5 Å². The number of benzene rings is 1. The fourth-order valence-corrected chi connectivity index (χ4v) is 2.71. The topological polar surface area (TPSA) is 71.4 Å². The predicted molar refractivity (Wildman–Crippen MR) is 81.6 cm³/mol. The van der Waals surface area contributed by atoms with Gasteiger partial charge in [-0.1, -0.05) is 11.2 Å². The van der Waals surface area contributed by atoms with E-state index in [2.05, 4.69) is 34.0 Å². The summed E-state index contributed by atoms with van der Waals surface area (Å²) in [5.41, 5.74) is 7.35. The highest BCUT2D eigenvalue weighted by atomic mass is 16.5. The van der Waals surface area contributed by atoms with E-state index < -0.39 is 0 Å². The van der Waals surface area contributed by atoms with E-state index in [4.69, 9.17) is 10.3 Å². The Bertz CT molecular complexity index is 612. The van der Waals surface area contributed by atoms with Crippen LogP contribution < -0.4 is 5.73 Å². The van der Waals surface area contributed by atoms with Crippen LogP contribution in [0.1, 0.15) is 18.3 Å². The number of likely N-dealkylation sites (N-methyl/N-ethyl adjacent to an activating group) is 2. The Morgan fingerprint density at radius 1 is 1.29 bits per heavy atom. The molecule has 0 spiro atoms. The van der Waals surface area contributed by atoms with Crippen LogP contribution in [0.4, 0.5) is 5.69 Å². The van der Waals surface area contributed by atoms with Crippen molar-refractivity contribution >= 4 is 5.69 Å².